The second-order valence-electron chi connectivity index (χ2n) is 6.95. The van der Waals surface area contributed by atoms with Gasteiger partial charge in [0.15, 0.2) is 0 Å². The molecule has 0 N–H and O–H groups in total. The minimum absolute atomic E-state index is 0.217. The molecule has 2 rings (SSSR count). The summed E-state index contributed by atoms with van der Waals surface area (Å²) in [5, 5.41) is 0. The molecule has 0 spiro atoms. The zero-order chi connectivity index (χ0) is 17.2. The van der Waals surface area contributed by atoms with Crippen LogP contribution in [0.15, 0.2) is 27.1 Å². The molecule has 128 valence electrons. The second kappa shape index (κ2) is 7.53. The van der Waals surface area contributed by atoms with Crippen LogP contribution < -0.4 is 0 Å². The summed E-state index contributed by atoms with van der Waals surface area (Å²) in [6, 6.07) is 6.42. The van der Waals surface area contributed by atoms with Crippen LogP contribution >= 0.6 is 31.9 Å². The molecule has 23 heavy (non-hydrogen) atoms. The quantitative estimate of drug-likeness (QED) is 0.661. The number of piperazine rings is 1. The molecule has 0 radical (unpaired) electrons. The van der Waals surface area contributed by atoms with Gasteiger partial charge in [0.05, 0.1) is 0 Å². The van der Waals surface area contributed by atoms with E-state index in [1.807, 2.05) is 31.7 Å². The van der Waals surface area contributed by atoms with Crippen LogP contribution in [0.25, 0.3) is 0 Å². The Morgan fingerprint density at radius 2 is 1.87 bits per heavy atom. The lowest BCUT2D eigenvalue weighted by Gasteiger charge is -2.40. The van der Waals surface area contributed by atoms with Crippen molar-refractivity contribution in [2.24, 2.45) is 0 Å². The van der Waals surface area contributed by atoms with E-state index in [1.54, 1.807) is 0 Å². The van der Waals surface area contributed by atoms with Gasteiger partial charge in [-0.1, -0.05) is 37.9 Å². The first-order valence-electron chi connectivity index (χ1n) is 7.82. The van der Waals surface area contributed by atoms with Crippen molar-refractivity contribution in [1.29, 1.82) is 0 Å². The van der Waals surface area contributed by atoms with Gasteiger partial charge in [0.25, 0.3) is 0 Å². The fraction of sp³-hybridized carbons (Fsp3) is 0.588. The minimum Gasteiger partial charge on any atom is -0.444 e. The van der Waals surface area contributed by atoms with E-state index >= 15 is 0 Å². The van der Waals surface area contributed by atoms with E-state index < -0.39 is 5.60 Å². The predicted octanol–water partition coefficient (Wildman–Crippen LogP) is 4.65. The smallest absolute Gasteiger partial charge is 0.410 e. The molecule has 1 saturated heterocycles. The highest BCUT2D eigenvalue weighted by Gasteiger charge is 2.30. The molecule has 1 atom stereocenters. The van der Waals surface area contributed by atoms with E-state index in [1.165, 1.54) is 5.56 Å². The summed E-state index contributed by atoms with van der Waals surface area (Å²) in [6.45, 7) is 10.9. The Balaban J connectivity index is 1.98. The molecule has 1 aromatic carbocycles. The molecular formula is C17H24Br2N2O2. The van der Waals surface area contributed by atoms with Crippen molar-refractivity contribution in [3.63, 3.8) is 0 Å². The molecule has 1 amide bonds. The van der Waals surface area contributed by atoms with Crippen LogP contribution in [0.2, 0.25) is 0 Å². The summed E-state index contributed by atoms with van der Waals surface area (Å²) in [4.78, 5) is 16.4. The molecule has 4 nitrogen and oxygen atoms in total. The zero-order valence-electron chi connectivity index (χ0n) is 14.1. The Bertz CT molecular complexity index is 552. The molecule has 1 aromatic rings. The van der Waals surface area contributed by atoms with Gasteiger partial charge >= 0.3 is 6.09 Å². The third-order valence-electron chi connectivity index (χ3n) is 3.84. The summed E-state index contributed by atoms with van der Waals surface area (Å²) in [6.07, 6.45) is -0.217. The van der Waals surface area contributed by atoms with Gasteiger partial charge in [-0.2, -0.15) is 0 Å². The van der Waals surface area contributed by atoms with E-state index in [0.717, 1.165) is 22.0 Å². The molecule has 1 fully saturated rings. The van der Waals surface area contributed by atoms with Crippen LogP contribution in [0.1, 0.15) is 33.3 Å². The molecule has 0 aliphatic carbocycles. The Labute approximate surface area is 155 Å². The fourth-order valence-electron chi connectivity index (χ4n) is 2.61. The van der Waals surface area contributed by atoms with Gasteiger partial charge in [-0.3, -0.25) is 4.90 Å². The summed E-state index contributed by atoms with van der Waals surface area (Å²) >= 11 is 7.24. The van der Waals surface area contributed by atoms with E-state index in [0.29, 0.717) is 13.1 Å². The maximum atomic E-state index is 12.2. The molecule has 0 aromatic heterocycles. The number of hydrogen-bond acceptors (Lipinski definition) is 3. The number of amides is 1. The maximum Gasteiger partial charge on any atom is 0.410 e. The first kappa shape index (κ1) is 18.7. The normalized spacial score (nSPS) is 19.7. The van der Waals surface area contributed by atoms with Crippen molar-refractivity contribution in [1.82, 2.24) is 9.80 Å². The third-order valence-corrected chi connectivity index (χ3v) is 5.33. The largest absolute Gasteiger partial charge is 0.444 e. The Morgan fingerprint density at radius 3 is 2.39 bits per heavy atom. The van der Waals surface area contributed by atoms with Crippen LogP contribution in [0.5, 0.6) is 0 Å². The van der Waals surface area contributed by atoms with Crippen LogP contribution in [-0.2, 0) is 11.3 Å². The fourth-order valence-corrected chi connectivity index (χ4v) is 3.86. The van der Waals surface area contributed by atoms with Gasteiger partial charge in [0.2, 0.25) is 0 Å². The first-order valence-corrected chi connectivity index (χ1v) is 9.41. The van der Waals surface area contributed by atoms with E-state index in [4.69, 9.17) is 4.74 Å². The molecule has 1 aliphatic heterocycles. The van der Waals surface area contributed by atoms with E-state index in [9.17, 15) is 4.79 Å². The highest BCUT2D eigenvalue weighted by atomic mass is 79.9. The molecule has 0 saturated carbocycles. The van der Waals surface area contributed by atoms with Crippen molar-refractivity contribution < 1.29 is 9.53 Å². The van der Waals surface area contributed by atoms with Crippen LogP contribution in [0.3, 0.4) is 0 Å². The lowest BCUT2D eigenvalue weighted by Crippen LogP contribution is -2.54. The van der Waals surface area contributed by atoms with Crippen molar-refractivity contribution >= 4 is 38.0 Å². The highest BCUT2D eigenvalue weighted by Crippen LogP contribution is 2.28. The van der Waals surface area contributed by atoms with Gasteiger partial charge in [0.1, 0.15) is 5.60 Å². The Hall–Kier alpha value is -0.590. The number of ether oxygens (including phenoxy) is 1. The molecule has 1 heterocycles. The van der Waals surface area contributed by atoms with Crippen molar-refractivity contribution in [2.75, 3.05) is 19.6 Å². The van der Waals surface area contributed by atoms with Crippen LogP contribution in [-0.4, -0.2) is 47.2 Å². The lowest BCUT2D eigenvalue weighted by molar-refractivity contribution is 0.00455. The van der Waals surface area contributed by atoms with Gasteiger partial charge in [-0.15, -0.1) is 0 Å². The number of benzene rings is 1. The number of hydrogen-bond donors (Lipinski definition) is 0. The number of carbonyl (C=O) groups excluding carboxylic acids is 1. The van der Waals surface area contributed by atoms with Crippen molar-refractivity contribution in [3.8, 4) is 0 Å². The molecule has 0 bridgehead atoms. The van der Waals surface area contributed by atoms with E-state index in [2.05, 4.69) is 55.8 Å². The number of rotatable bonds is 2. The second-order valence-corrected chi connectivity index (χ2v) is 8.65. The standard InChI is InChI=1S/C17H24Br2N2O2/c1-12-10-21(16(22)23-17(2,3)4)9-8-20(12)11-13-14(18)6-5-7-15(13)19/h5-7,12H,8-11H2,1-4H3. The predicted molar refractivity (Wildman–Crippen MR) is 99.5 cm³/mol. The van der Waals surface area contributed by atoms with Crippen molar-refractivity contribution in [2.45, 2.75) is 45.9 Å². The summed E-state index contributed by atoms with van der Waals surface area (Å²) in [7, 11) is 0. The summed E-state index contributed by atoms with van der Waals surface area (Å²) in [5.74, 6) is 0. The average molecular weight is 448 g/mol. The average Bonchev–Trinajstić information content (AvgIpc) is 2.42. The van der Waals surface area contributed by atoms with Crippen LogP contribution in [0, 0.1) is 0 Å². The highest BCUT2D eigenvalue weighted by molar-refractivity contribution is 9.11. The number of carbonyl (C=O) groups is 1. The first-order chi connectivity index (χ1) is 10.7. The van der Waals surface area contributed by atoms with Gasteiger partial charge < -0.3 is 9.64 Å². The number of halogens is 2. The lowest BCUT2D eigenvalue weighted by atomic mass is 10.1. The number of nitrogens with zero attached hydrogens (tertiary/aromatic N) is 2. The topological polar surface area (TPSA) is 32.8 Å². The minimum atomic E-state index is -0.447. The van der Waals surface area contributed by atoms with Gasteiger partial charge in [-0.05, 0) is 45.4 Å². The van der Waals surface area contributed by atoms with Gasteiger partial charge in [0, 0.05) is 41.2 Å². The SMILES string of the molecule is CC1CN(C(=O)OC(C)(C)C)CCN1Cc1c(Br)cccc1Br. The van der Waals surface area contributed by atoms with Gasteiger partial charge in [-0.25, -0.2) is 4.79 Å². The Morgan fingerprint density at radius 1 is 1.26 bits per heavy atom. The molecule has 6 heteroatoms. The third kappa shape index (κ3) is 5.19. The molecular weight excluding hydrogens is 424 g/mol. The monoisotopic (exact) mass is 446 g/mol. The molecule has 1 unspecified atom stereocenters. The Kier molecular flexibility index (Phi) is 6.14. The summed E-state index contributed by atoms with van der Waals surface area (Å²) < 4.78 is 7.68. The summed E-state index contributed by atoms with van der Waals surface area (Å²) in [5.41, 5.74) is 0.794. The zero-order valence-corrected chi connectivity index (χ0v) is 17.3. The van der Waals surface area contributed by atoms with E-state index in [-0.39, 0.29) is 12.1 Å². The maximum absolute atomic E-state index is 12.2. The van der Waals surface area contributed by atoms with Crippen molar-refractivity contribution in [3.05, 3.63) is 32.7 Å². The molecule has 1 aliphatic rings. The van der Waals surface area contributed by atoms with Crippen LogP contribution in [0.4, 0.5) is 4.79 Å².